The van der Waals surface area contributed by atoms with Crippen LogP contribution in [0.3, 0.4) is 0 Å². The third-order valence-corrected chi connectivity index (χ3v) is 11.8. The average Bonchev–Trinajstić information content (AvgIpc) is 3.96. The average molecular weight is 775 g/mol. The molecule has 11 nitrogen and oxygen atoms in total. The molecule has 0 heterocycles. The van der Waals surface area contributed by atoms with Gasteiger partial charge in [0.25, 0.3) is 0 Å². The number of carboxylic acid groups (broad SMARTS) is 1. The van der Waals surface area contributed by atoms with E-state index in [0.29, 0.717) is 5.57 Å². The highest BCUT2D eigenvalue weighted by Gasteiger charge is 2.63. The highest BCUT2D eigenvalue weighted by molar-refractivity contribution is 6.29. The molecule has 0 radical (unpaired) electrons. The fourth-order valence-electron chi connectivity index (χ4n) is 8.07. The molecule has 54 heavy (non-hydrogen) atoms. The predicted octanol–water partition coefficient (Wildman–Crippen LogP) is 6.44. The fourth-order valence-corrected chi connectivity index (χ4v) is 8.07. The number of aliphatic carboxylic acids is 1. The van der Waals surface area contributed by atoms with Gasteiger partial charge in [-0.25, -0.2) is 4.79 Å². The van der Waals surface area contributed by atoms with Crippen LogP contribution in [0.4, 0.5) is 0 Å². The molecule has 320 valence electrons. The number of aliphatic hydroxyl groups excluding tert-OH is 6. The Morgan fingerprint density at radius 2 is 0.648 bits per heavy atom. The Bertz CT molecular complexity index is 1110. The van der Waals surface area contributed by atoms with E-state index in [2.05, 4.69) is 0 Å². The highest BCUT2D eigenvalue weighted by Crippen LogP contribution is 2.55. The van der Waals surface area contributed by atoms with Gasteiger partial charge >= 0.3 is 5.97 Å². The van der Waals surface area contributed by atoms with Crippen LogP contribution in [-0.2, 0) is 19.2 Å². The predicted molar refractivity (Wildman–Crippen MR) is 215 cm³/mol. The van der Waals surface area contributed by atoms with Crippen LogP contribution in [0.2, 0.25) is 0 Å². The first kappa shape index (κ1) is 54.1. The molecule has 0 atom stereocenters. The Labute approximate surface area is 328 Å². The first-order valence-electron chi connectivity index (χ1n) is 19.2. The van der Waals surface area contributed by atoms with E-state index in [0.717, 1.165) is 0 Å². The molecule has 0 aromatic rings. The van der Waals surface area contributed by atoms with Crippen LogP contribution in [0, 0.1) is 49.2 Å². The molecule has 0 unspecified atom stereocenters. The summed E-state index contributed by atoms with van der Waals surface area (Å²) in [6, 6.07) is 0. The molecule has 7 N–H and O–H groups in total. The van der Waals surface area contributed by atoms with Gasteiger partial charge in [-0.3, -0.25) is 14.4 Å². The van der Waals surface area contributed by atoms with E-state index in [9.17, 15) is 49.8 Å². The zero-order valence-corrected chi connectivity index (χ0v) is 37.4. The minimum Gasteiger partial charge on any atom is -0.481 e. The van der Waals surface area contributed by atoms with Crippen molar-refractivity contribution in [1.29, 1.82) is 0 Å². The third kappa shape index (κ3) is 11.8. The minimum atomic E-state index is -0.741. The van der Waals surface area contributed by atoms with Crippen molar-refractivity contribution in [2.75, 3.05) is 0 Å². The molecule has 11 heteroatoms. The summed E-state index contributed by atoms with van der Waals surface area (Å²) < 4.78 is 0. The van der Waals surface area contributed by atoms with E-state index in [4.69, 9.17) is 5.11 Å². The Hall–Kier alpha value is -1.98. The van der Waals surface area contributed by atoms with Crippen molar-refractivity contribution < 1.29 is 56.4 Å². The van der Waals surface area contributed by atoms with Gasteiger partial charge in [0, 0.05) is 39.5 Å². The maximum absolute atomic E-state index is 11.2. The molecule has 5 aliphatic rings. The van der Waals surface area contributed by atoms with Crippen LogP contribution in [0.25, 0.3) is 0 Å². The molecule has 0 amide bonds. The quantitative estimate of drug-likeness (QED) is 0.114. The topological polar surface area (TPSA) is 210 Å². The first-order chi connectivity index (χ1) is 23.7. The fraction of sp³-hybridized carbons (Fsp3) is 0.884. The Balaban J connectivity index is -0.000000587. The van der Waals surface area contributed by atoms with Crippen molar-refractivity contribution in [3.63, 3.8) is 0 Å². The summed E-state index contributed by atoms with van der Waals surface area (Å²) in [6.07, 6.45) is 2.22. The maximum Gasteiger partial charge on any atom is 0.305 e. The van der Waals surface area contributed by atoms with E-state index in [-0.39, 0.29) is 88.0 Å². The van der Waals surface area contributed by atoms with Gasteiger partial charge in [-0.1, -0.05) is 116 Å². The second-order valence-electron chi connectivity index (χ2n) is 20.9. The van der Waals surface area contributed by atoms with Gasteiger partial charge in [-0.05, 0) is 41.5 Å². The highest BCUT2D eigenvalue weighted by atomic mass is 16.4. The second kappa shape index (κ2) is 18.5. The van der Waals surface area contributed by atoms with Crippen molar-refractivity contribution in [3.05, 3.63) is 5.57 Å². The number of allylic oxidation sites excluding steroid dienone is 1. The number of rotatable bonds is 1. The first-order valence-corrected chi connectivity index (χ1v) is 19.2. The standard InChI is InChI=1S/3C8H16O2.C8H12O2.C4H8O2.C4H6O.C3H6.H2/c4*1-7(2)5(9)8(3,4)6(7)10;1-3(2)4(5)6;1-4(2)3-5;1-2-3-1;/h3*5-6,9-10H,1-4H3;1-4H3;3H,1-2H3,(H,5,6);1-2H3;1-3H2;1H. The van der Waals surface area contributed by atoms with Crippen LogP contribution in [-0.4, -0.2) is 95.8 Å². The minimum absolute atomic E-state index is 0. The van der Waals surface area contributed by atoms with Gasteiger partial charge in [-0.15, -0.1) is 0 Å². The van der Waals surface area contributed by atoms with Crippen molar-refractivity contribution in [3.8, 4) is 0 Å². The van der Waals surface area contributed by atoms with Gasteiger partial charge in [0.05, 0.1) is 53.4 Å². The van der Waals surface area contributed by atoms with E-state index in [1.807, 2.05) is 83.1 Å². The molecular weight excluding hydrogens is 692 g/mol. The van der Waals surface area contributed by atoms with Crippen LogP contribution < -0.4 is 0 Å². The summed E-state index contributed by atoms with van der Waals surface area (Å²) in [5, 5.41) is 65.1. The number of hydrogen-bond acceptors (Lipinski definition) is 10. The van der Waals surface area contributed by atoms with Crippen LogP contribution in [0.1, 0.15) is 159 Å². The summed E-state index contributed by atoms with van der Waals surface area (Å²) in [7, 11) is 0. The number of hydrogen-bond donors (Lipinski definition) is 7. The van der Waals surface area contributed by atoms with Gasteiger partial charge in [0.15, 0.2) is 11.6 Å². The zero-order valence-electron chi connectivity index (χ0n) is 37.4. The molecule has 0 aliphatic heterocycles. The molecular formula is C43H82O11. The Kier molecular flexibility index (Phi) is 18.6. The van der Waals surface area contributed by atoms with Crippen molar-refractivity contribution in [1.82, 2.24) is 0 Å². The number of carbonyl (C=O) groups excluding carboxylic acids is 3. The summed E-state index contributed by atoms with van der Waals surface area (Å²) in [6.45, 7) is 36.0. The molecule has 5 fully saturated rings. The van der Waals surface area contributed by atoms with Gasteiger partial charge in [0.2, 0.25) is 0 Å². The summed E-state index contributed by atoms with van der Waals surface area (Å²) in [5.74, 6) is 0.843. The number of carbonyl (C=O) groups is 3. The summed E-state index contributed by atoms with van der Waals surface area (Å²) >= 11 is 0. The number of Topliss-reactive ketones (excluding diaryl/α,β-unsaturated/α-hetero) is 2. The Morgan fingerprint density at radius 1 is 0.519 bits per heavy atom. The zero-order chi connectivity index (χ0) is 44.2. The molecule has 0 saturated heterocycles. The van der Waals surface area contributed by atoms with Gasteiger partial charge in [-0.2, -0.15) is 0 Å². The molecule has 5 aliphatic carbocycles. The molecule has 5 saturated carbocycles. The summed E-state index contributed by atoms with van der Waals surface area (Å²) in [5.41, 5.74) is -2.61. The largest absolute Gasteiger partial charge is 0.481 e. The number of carboxylic acids is 1. The molecule has 0 spiro atoms. The third-order valence-electron chi connectivity index (χ3n) is 11.8. The normalized spacial score (nSPS) is 31.8. The van der Waals surface area contributed by atoms with Crippen molar-refractivity contribution >= 4 is 23.5 Å². The lowest BCUT2D eigenvalue weighted by molar-refractivity contribution is -0.247. The molecule has 5 rings (SSSR count). The van der Waals surface area contributed by atoms with E-state index < -0.39 is 16.8 Å². The molecule has 0 aromatic heterocycles. The molecule has 0 bridgehead atoms. The lowest BCUT2D eigenvalue weighted by atomic mass is 9.51. The number of aliphatic hydroxyl groups is 6. The summed E-state index contributed by atoms with van der Waals surface area (Å²) in [4.78, 5) is 41.4. The SMILES string of the molecule is C1CC1.CC(C)=C=O.CC(C)C(=O)O.CC1(C)C(=O)C(C)(C)C1=O.CC1(C)C(O)C(C)(C)C1O.CC1(C)C(O)C(C)(C)C1O.CC1(C)C(O)C(C)(C)C1O.[HH]. The lowest BCUT2D eigenvalue weighted by Crippen LogP contribution is -2.67. The smallest absolute Gasteiger partial charge is 0.305 e. The van der Waals surface area contributed by atoms with Crippen LogP contribution in [0.5, 0.6) is 0 Å². The second-order valence-corrected chi connectivity index (χ2v) is 20.9. The maximum atomic E-state index is 11.2. The monoisotopic (exact) mass is 775 g/mol. The van der Waals surface area contributed by atoms with E-state index in [1.54, 1.807) is 61.3 Å². The Morgan fingerprint density at radius 3 is 0.685 bits per heavy atom. The van der Waals surface area contributed by atoms with Crippen molar-refractivity contribution in [2.45, 2.75) is 194 Å². The van der Waals surface area contributed by atoms with Crippen LogP contribution >= 0.6 is 0 Å². The van der Waals surface area contributed by atoms with Crippen LogP contribution in [0.15, 0.2) is 5.57 Å². The van der Waals surface area contributed by atoms with Gasteiger partial charge in [0.1, 0.15) is 5.94 Å². The number of ketones is 2. The van der Waals surface area contributed by atoms with Gasteiger partial charge < -0.3 is 35.7 Å². The van der Waals surface area contributed by atoms with Crippen molar-refractivity contribution in [2.24, 2.45) is 49.2 Å². The van der Waals surface area contributed by atoms with E-state index >= 15 is 0 Å². The molecule has 0 aromatic carbocycles. The lowest BCUT2D eigenvalue weighted by Gasteiger charge is -2.59. The van der Waals surface area contributed by atoms with E-state index in [1.165, 1.54) is 19.3 Å².